The predicted molar refractivity (Wildman–Crippen MR) is 120 cm³/mol. The minimum Gasteiger partial charge on any atom is -0.367 e. The lowest BCUT2D eigenvalue weighted by Crippen LogP contribution is -2.22. The van der Waals surface area contributed by atoms with E-state index in [2.05, 4.69) is 43.9 Å². The molecule has 6 nitrogen and oxygen atoms in total. The van der Waals surface area contributed by atoms with Crippen LogP contribution in [0, 0.1) is 13.8 Å². The van der Waals surface area contributed by atoms with Gasteiger partial charge in [0.25, 0.3) is 0 Å². The molecule has 1 amide bonds. The number of nitrogens with zero attached hydrogens (tertiary/aromatic N) is 4. The van der Waals surface area contributed by atoms with Crippen molar-refractivity contribution in [2.75, 3.05) is 16.8 Å². The zero-order chi connectivity index (χ0) is 20.8. The van der Waals surface area contributed by atoms with Crippen LogP contribution in [0.3, 0.4) is 0 Å². The molecule has 0 aliphatic heterocycles. The topological polar surface area (TPSA) is 70.0 Å². The molecule has 7 heteroatoms. The van der Waals surface area contributed by atoms with Crippen molar-refractivity contribution in [3.63, 3.8) is 0 Å². The first-order valence-electron chi connectivity index (χ1n) is 9.53. The quantitative estimate of drug-likeness (QED) is 0.477. The number of carbonyl (C=O) groups excluding carboxylic acids is 1. The van der Waals surface area contributed by atoms with Crippen LogP contribution in [-0.2, 0) is 11.3 Å². The predicted octanol–water partition coefficient (Wildman–Crippen LogP) is 6.16. The standard InChI is InChI=1S/C22H25N5OS/c1-5-27(14-18-9-7-6-8-10-18)19-11-12-20(21(13-19)23-17(4)28)24-25-22-15(2)16(3)26-29-22/h6-13H,5,14H2,1-4H3,(H,23,28)/b25-24+. The normalized spacial score (nSPS) is 11.0. The highest BCUT2D eigenvalue weighted by Gasteiger charge is 2.11. The Morgan fingerprint density at radius 2 is 1.90 bits per heavy atom. The summed E-state index contributed by atoms with van der Waals surface area (Å²) in [6.45, 7) is 9.17. The minimum absolute atomic E-state index is 0.144. The molecule has 0 radical (unpaired) electrons. The molecule has 0 bridgehead atoms. The molecular formula is C22H25N5OS. The molecule has 0 spiro atoms. The molecule has 0 aliphatic rings. The second-order valence-corrected chi connectivity index (χ2v) is 7.53. The molecule has 1 heterocycles. The molecule has 1 aromatic heterocycles. The summed E-state index contributed by atoms with van der Waals surface area (Å²) in [5.74, 6) is -0.144. The van der Waals surface area contributed by atoms with Crippen molar-refractivity contribution in [1.29, 1.82) is 0 Å². The van der Waals surface area contributed by atoms with Gasteiger partial charge in [-0.3, -0.25) is 4.79 Å². The Morgan fingerprint density at radius 3 is 2.52 bits per heavy atom. The monoisotopic (exact) mass is 407 g/mol. The molecule has 3 rings (SSSR count). The van der Waals surface area contributed by atoms with Gasteiger partial charge in [0.05, 0.1) is 11.4 Å². The Morgan fingerprint density at radius 1 is 1.14 bits per heavy atom. The van der Waals surface area contributed by atoms with Gasteiger partial charge >= 0.3 is 0 Å². The number of amides is 1. The molecule has 0 saturated carbocycles. The van der Waals surface area contributed by atoms with Gasteiger partial charge in [-0.1, -0.05) is 30.3 Å². The third-order valence-corrected chi connectivity index (χ3v) is 5.56. The first-order chi connectivity index (χ1) is 14.0. The first kappa shape index (κ1) is 20.7. The van der Waals surface area contributed by atoms with E-state index in [1.807, 2.05) is 50.2 Å². The Balaban J connectivity index is 1.90. The molecule has 1 N–H and O–H groups in total. The second-order valence-electron chi connectivity index (χ2n) is 6.78. The number of carbonyl (C=O) groups is 1. The first-order valence-corrected chi connectivity index (χ1v) is 10.3. The van der Waals surface area contributed by atoms with E-state index in [-0.39, 0.29) is 5.91 Å². The molecule has 0 atom stereocenters. The van der Waals surface area contributed by atoms with E-state index in [4.69, 9.17) is 0 Å². The maximum Gasteiger partial charge on any atom is 0.221 e. The van der Waals surface area contributed by atoms with Crippen LogP contribution in [0.5, 0.6) is 0 Å². The molecule has 3 aromatic rings. The third kappa shape index (κ3) is 5.26. The zero-order valence-electron chi connectivity index (χ0n) is 17.1. The summed E-state index contributed by atoms with van der Waals surface area (Å²) < 4.78 is 4.30. The summed E-state index contributed by atoms with van der Waals surface area (Å²) in [6, 6.07) is 16.2. The number of aryl methyl sites for hydroxylation is 1. The van der Waals surface area contributed by atoms with Gasteiger partial charge < -0.3 is 10.2 Å². The van der Waals surface area contributed by atoms with Crippen LogP contribution in [0.1, 0.15) is 30.7 Å². The summed E-state index contributed by atoms with van der Waals surface area (Å²) >= 11 is 1.32. The number of benzene rings is 2. The van der Waals surface area contributed by atoms with E-state index in [1.165, 1.54) is 24.0 Å². The van der Waals surface area contributed by atoms with Gasteiger partial charge in [-0.2, -0.15) is 4.37 Å². The van der Waals surface area contributed by atoms with Crippen molar-refractivity contribution >= 4 is 39.5 Å². The van der Waals surface area contributed by atoms with Gasteiger partial charge in [0.15, 0.2) is 5.00 Å². The molecular weight excluding hydrogens is 382 g/mol. The average molecular weight is 408 g/mol. The summed E-state index contributed by atoms with van der Waals surface area (Å²) in [5.41, 5.74) is 5.49. The van der Waals surface area contributed by atoms with Gasteiger partial charge in [0.1, 0.15) is 5.69 Å². The van der Waals surface area contributed by atoms with E-state index in [0.29, 0.717) is 11.4 Å². The SMILES string of the molecule is CCN(Cc1ccccc1)c1ccc(/N=N/c2snc(C)c2C)c(NC(C)=O)c1. The van der Waals surface area contributed by atoms with E-state index >= 15 is 0 Å². The fourth-order valence-electron chi connectivity index (χ4n) is 2.88. The van der Waals surface area contributed by atoms with Crippen molar-refractivity contribution in [1.82, 2.24) is 4.37 Å². The summed E-state index contributed by atoms with van der Waals surface area (Å²) in [5, 5.41) is 12.4. The number of aromatic nitrogens is 1. The average Bonchev–Trinajstić information content (AvgIpc) is 3.03. The number of rotatable bonds is 7. The van der Waals surface area contributed by atoms with Crippen LogP contribution >= 0.6 is 11.5 Å². The lowest BCUT2D eigenvalue weighted by Gasteiger charge is -2.24. The van der Waals surface area contributed by atoms with E-state index in [1.54, 1.807) is 0 Å². The highest BCUT2D eigenvalue weighted by Crippen LogP contribution is 2.34. The van der Waals surface area contributed by atoms with Gasteiger partial charge in [0, 0.05) is 31.3 Å². The summed E-state index contributed by atoms with van der Waals surface area (Å²) in [7, 11) is 0. The summed E-state index contributed by atoms with van der Waals surface area (Å²) in [6.07, 6.45) is 0. The molecule has 2 aromatic carbocycles. The van der Waals surface area contributed by atoms with E-state index in [9.17, 15) is 4.79 Å². The fourth-order valence-corrected chi connectivity index (χ4v) is 3.61. The highest BCUT2D eigenvalue weighted by molar-refractivity contribution is 7.10. The fraction of sp³-hybridized carbons (Fsp3) is 0.273. The van der Waals surface area contributed by atoms with Gasteiger partial charge in [-0.05, 0) is 56.1 Å². The number of anilines is 2. The van der Waals surface area contributed by atoms with Crippen LogP contribution in [-0.4, -0.2) is 16.8 Å². The zero-order valence-corrected chi connectivity index (χ0v) is 18.0. The maximum atomic E-state index is 11.7. The van der Waals surface area contributed by atoms with Crippen molar-refractivity contribution in [3.8, 4) is 0 Å². The lowest BCUT2D eigenvalue weighted by molar-refractivity contribution is -0.114. The maximum absolute atomic E-state index is 11.7. The molecule has 150 valence electrons. The highest BCUT2D eigenvalue weighted by atomic mass is 32.1. The van der Waals surface area contributed by atoms with Gasteiger partial charge in [-0.25, -0.2) is 0 Å². The Bertz CT molecular complexity index is 1010. The van der Waals surface area contributed by atoms with Crippen LogP contribution in [0.15, 0.2) is 58.8 Å². The Kier molecular flexibility index (Phi) is 6.72. The van der Waals surface area contributed by atoms with Crippen LogP contribution in [0.25, 0.3) is 0 Å². The number of hydrogen-bond acceptors (Lipinski definition) is 6. The third-order valence-electron chi connectivity index (χ3n) is 4.64. The lowest BCUT2D eigenvalue weighted by atomic mass is 10.1. The van der Waals surface area contributed by atoms with Crippen LogP contribution < -0.4 is 10.2 Å². The van der Waals surface area contributed by atoms with Crippen LogP contribution in [0.2, 0.25) is 0 Å². The van der Waals surface area contributed by atoms with E-state index < -0.39 is 0 Å². The number of nitrogens with one attached hydrogen (secondary N) is 1. The molecule has 0 fully saturated rings. The van der Waals surface area contributed by atoms with Gasteiger partial charge in [-0.15, -0.1) is 10.2 Å². The number of hydrogen-bond donors (Lipinski definition) is 1. The molecule has 29 heavy (non-hydrogen) atoms. The second kappa shape index (κ2) is 9.43. The molecule has 0 unspecified atom stereocenters. The Labute approximate surface area is 175 Å². The largest absolute Gasteiger partial charge is 0.367 e. The van der Waals surface area contributed by atoms with Crippen molar-refractivity contribution in [2.45, 2.75) is 34.2 Å². The smallest absolute Gasteiger partial charge is 0.221 e. The van der Waals surface area contributed by atoms with Gasteiger partial charge in [0.2, 0.25) is 5.91 Å². The van der Waals surface area contributed by atoms with E-state index in [0.717, 1.165) is 35.0 Å². The summed E-state index contributed by atoms with van der Waals surface area (Å²) in [4.78, 5) is 14.0. The van der Waals surface area contributed by atoms with Crippen LogP contribution in [0.4, 0.5) is 22.1 Å². The molecule has 0 saturated heterocycles. The van der Waals surface area contributed by atoms with Crippen molar-refractivity contribution in [2.24, 2.45) is 10.2 Å². The van der Waals surface area contributed by atoms with Crippen molar-refractivity contribution in [3.05, 3.63) is 65.4 Å². The Hall–Kier alpha value is -3.06. The molecule has 0 aliphatic carbocycles. The minimum atomic E-state index is -0.144. The number of azo groups is 1. The van der Waals surface area contributed by atoms with Crippen molar-refractivity contribution < 1.29 is 4.79 Å².